The Morgan fingerprint density at radius 2 is 1.78 bits per heavy atom. The van der Waals surface area contributed by atoms with Crippen LogP contribution in [0, 0.1) is 28.6 Å². The molecule has 4 aliphatic carbocycles. The fourth-order valence-electron chi connectivity index (χ4n) is 12.7. The van der Waals surface area contributed by atoms with Crippen molar-refractivity contribution in [2.45, 2.75) is 129 Å². The smallest absolute Gasteiger partial charge is 0.333 e. The van der Waals surface area contributed by atoms with Gasteiger partial charge in [0.2, 0.25) is 0 Å². The van der Waals surface area contributed by atoms with E-state index in [-0.39, 0.29) is 34.4 Å². The second kappa shape index (κ2) is 10.7. The third kappa shape index (κ3) is 4.23. The van der Waals surface area contributed by atoms with Crippen molar-refractivity contribution in [2.24, 2.45) is 28.6 Å². The fraction of sp³-hybridized carbons (Fsp3) is 0.591. The van der Waals surface area contributed by atoms with Crippen LogP contribution in [0.25, 0.3) is 16.5 Å². The second-order valence-electron chi connectivity index (χ2n) is 18.5. The van der Waals surface area contributed by atoms with Gasteiger partial charge in [0, 0.05) is 39.0 Å². The average Bonchev–Trinajstić information content (AvgIpc) is 3.71. The first-order valence-corrected chi connectivity index (χ1v) is 18.9. The van der Waals surface area contributed by atoms with Crippen LogP contribution in [0.3, 0.4) is 0 Å². The van der Waals surface area contributed by atoms with Gasteiger partial charge in [0.1, 0.15) is 6.04 Å². The van der Waals surface area contributed by atoms with E-state index in [1.165, 1.54) is 18.4 Å². The van der Waals surface area contributed by atoms with E-state index in [0.717, 1.165) is 58.9 Å². The van der Waals surface area contributed by atoms with Gasteiger partial charge in [0.25, 0.3) is 0 Å². The van der Waals surface area contributed by atoms with Crippen molar-refractivity contribution in [3.63, 3.8) is 0 Å². The second-order valence-corrected chi connectivity index (χ2v) is 18.5. The molecule has 0 radical (unpaired) electrons. The van der Waals surface area contributed by atoms with Gasteiger partial charge in [-0.25, -0.2) is 4.79 Å². The summed E-state index contributed by atoms with van der Waals surface area (Å²) in [4.78, 5) is 27.0. The Bertz CT molecular complexity index is 2040. The minimum atomic E-state index is -0.855. The van der Waals surface area contributed by atoms with Crippen molar-refractivity contribution < 1.29 is 29.3 Å². The van der Waals surface area contributed by atoms with Crippen molar-refractivity contribution in [1.82, 2.24) is 4.57 Å². The van der Waals surface area contributed by atoms with Gasteiger partial charge in [-0.05, 0) is 120 Å². The molecule has 0 unspecified atom stereocenters. The quantitative estimate of drug-likeness (QED) is 0.145. The molecule has 272 valence electrons. The molecule has 0 bridgehead atoms. The number of allylic oxidation sites excluding steroid dienone is 3. The van der Waals surface area contributed by atoms with E-state index in [0.29, 0.717) is 23.5 Å². The summed E-state index contributed by atoms with van der Waals surface area (Å²) < 4.78 is 13.8. The topological polar surface area (TPSA) is 98.0 Å². The van der Waals surface area contributed by atoms with Crippen LogP contribution in [0.5, 0.6) is 0 Å². The van der Waals surface area contributed by atoms with Gasteiger partial charge in [0.15, 0.2) is 5.78 Å². The Hall–Kier alpha value is -3.26. The van der Waals surface area contributed by atoms with Crippen LogP contribution in [-0.2, 0) is 26.1 Å². The summed E-state index contributed by atoms with van der Waals surface area (Å²) in [5, 5.41) is 25.0. The number of esters is 1. The molecule has 7 heteroatoms. The number of hydrogen-bond acceptors (Lipinski definition) is 6. The first-order chi connectivity index (χ1) is 23.7. The zero-order valence-electron chi connectivity index (χ0n) is 32.1. The maximum absolute atomic E-state index is 14.9. The van der Waals surface area contributed by atoms with Crippen LogP contribution in [0.4, 0.5) is 0 Å². The molecule has 1 aromatic carbocycles. The number of ether oxygens (including phenoxy) is 2. The Balaban J connectivity index is 1.34. The number of nitrogens with zero attached hydrogens (tertiary/aromatic N) is 1. The Labute approximate surface area is 302 Å². The molecule has 2 fully saturated rings. The lowest BCUT2D eigenvalue weighted by molar-refractivity contribution is -0.144. The zero-order chi connectivity index (χ0) is 37.0. The van der Waals surface area contributed by atoms with Crippen LogP contribution in [0.15, 0.2) is 48.1 Å². The molecule has 6 aliphatic rings. The molecule has 9 atom stereocenters. The summed E-state index contributed by atoms with van der Waals surface area (Å²) in [5.41, 5.74) is 6.25. The minimum absolute atomic E-state index is 0.0302. The van der Waals surface area contributed by atoms with Gasteiger partial charge in [-0.1, -0.05) is 51.2 Å². The SMILES string of the molecule is C=C(C)[C@H]1C(=O)c2c3c(cc4c5c(n1c24)[C@@]1(C)[C@@H](CC[C@H]2[C@](C)(/C=C/C=C(\C)C(=O)OC)[C@@H](O)CC[C@@]21C)C5)C1=CC(C)(C)OC(C)(C)[C@H]1[C@@H]3O. The monoisotopic (exact) mass is 693 g/mol. The van der Waals surface area contributed by atoms with E-state index < -0.39 is 34.9 Å². The summed E-state index contributed by atoms with van der Waals surface area (Å²) in [7, 11) is 1.39. The number of rotatable bonds is 4. The Morgan fingerprint density at radius 1 is 1.08 bits per heavy atom. The molecular weight excluding hydrogens is 638 g/mol. The molecule has 7 nitrogen and oxygen atoms in total. The Kier molecular flexibility index (Phi) is 7.28. The molecule has 3 heterocycles. The molecule has 0 spiro atoms. The van der Waals surface area contributed by atoms with Gasteiger partial charge in [-0.2, -0.15) is 0 Å². The third-order valence-electron chi connectivity index (χ3n) is 14.9. The van der Waals surface area contributed by atoms with E-state index in [4.69, 9.17) is 9.47 Å². The number of aliphatic hydroxyl groups excluding tert-OH is 2. The average molecular weight is 694 g/mol. The van der Waals surface area contributed by atoms with Gasteiger partial charge >= 0.3 is 5.97 Å². The standard InChI is InChI=1S/C44H55NO6/c1-22(2)34-37(48)32-31-25(28-21-40(4,5)51-41(6,7)33(28)36(31)47)20-26-27-19-24-14-15-29-42(8,17-12-13-23(3)39(49)50-11)30(46)16-18-43(29,9)44(24,10)38(27)45(34)35(26)32/h12-13,17,20-21,24,29-30,33-34,36,46-47H,1,14-16,18-19H2,2-11H3/b17-12+,23-13+/t24-,29-,30-,33+,34-,36+,42-,43-,44+/m0/s1. The molecule has 2 N–H and O–H groups in total. The largest absolute Gasteiger partial charge is 0.466 e. The van der Waals surface area contributed by atoms with E-state index in [2.05, 4.69) is 77.8 Å². The number of ketones is 1. The molecule has 51 heavy (non-hydrogen) atoms. The first-order valence-electron chi connectivity index (χ1n) is 18.9. The van der Waals surface area contributed by atoms with Gasteiger partial charge in [0.05, 0.1) is 41.6 Å². The van der Waals surface area contributed by atoms with Crippen molar-refractivity contribution in [2.75, 3.05) is 7.11 Å². The van der Waals surface area contributed by atoms with Gasteiger partial charge in [-0.3, -0.25) is 4.79 Å². The highest BCUT2D eigenvalue weighted by molar-refractivity contribution is 6.18. The maximum atomic E-state index is 14.9. The normalized spacial score (nSPS) is 38.6. The van der Waals surface area contributed by atoms with Crippen LogP contribution >= 0.6 is 0 Å². The molecule has 2 aliphatic heterocycles. The van der Waals surface area contributed by atoms with Gasteiger partial charge < -0.3 is 24.3 Å². The number of methoxy groups -OCH3 is 1. The number of aromatic nitrogens is 1. The van der Waals surface area contributed by atoms with E-state index in [1.807, 2.05) is 13.0 Å². The Morgan fingerprint density at radius 3 is 2.45 bits per heavy atom. The first kappa shape index (κ1) is 34.8. The van der Waals surface area contributed by atoms with E-state index >= 15 is 0 Å². The molecule has 0 amide bonds. The molecule has 2 aromatic rings. The lowest BCUT2D eigenvalue weighted by Crippen LogP contribution is -2.62. The highest BCUT2D eigenvalue weighted by Crippen LogP contribution is 2.71. The molecule has 2 saturated carbocycles. The highest BCUT2D eigenvalue weighted by Gasteiger charge is 2.67. The van der Waals surface area contributed by atoms with Crippen LogP contribution in [0.1, 0.15) is 133 Å². The predicted octanol–water partition coefficient (Wildman–Crippen LogP) is 8.27. The number of carbonyl (C=O) groups excluding carboxylic acids is 2. The highest BCUT2D eigenvalue weighted by atomic mass is 16.5. The predicted molar refractivity (Wildman–Crippen MR) is 199 cm³/mol. The van der Waals surface area contributed by atoms with Crippen LogP contribution in [-0.4, -0.2) is 50.9 Å². The van der Waals surface area contributed by atoms with Crippen LogP contribution in [0.2, 0.25) is 0 Å². The summed E-state index contributed by atoms with van der Waals surface area (Å²) in [6.07, 6.45) is 11.1. The number of benzene rings is 1. The van der Waals surface area contributed by atoms with Crippen molar-refractivity contribution >= 4 is 28.2 Å². The summed E-state index contributed by atoms with van der Waals surface area (Å²) in [6.45, 7) is 23.4. The third-order valence-corrected chi connectivity index (χ3v) is 14.9. The molecule has 8 rings (SSSR count). The number of Topliss-reactive ketones (excluding diaryl/α,β-unsaturated/α-hetero) is 1. The molecule has 0 saturated heterocycles. The lowest BCUT2D eigenvalue weighted by Gasteiger charge is -2.64. The van der Waals surface area contributed by atoms with Crippen molar-refractivity contribution in [1.29, 1.82) is 0 Å². The van der Waals surface area contributed by atoms with Gasteiger partial charge in [-0.15, -0.1) is 0 Å². The maximum Gasteiger partial charge on any atom is 0.333 e. The fourth-order valence-corrected chi connectivity index (χ4v) is 12.7. The lowest BCUT2D eigenvalue weighted by atomic mass is 9.40. The van der Waals surface area contributed by atoms with Crippen molar-refractivity contribution in [3.8, 4) is 0 Å². The molecule has 1 aromatic heterocycles. The van der Waals surface area contributed by atoms with Crippen LogP contribution < -0.4 is 0 Å². The minimum Gasteiger partial charge on any atom is -0.466 e. The van der Waals surface area contributed by atoms with Crippen molar-refractivity contribution in [3.05, 3.63) is 76.0 Å². The zero-order valence-corrected chi connectivity index (χ0v) is 32.1. The summed E-state index contributed by atoms with van der Waals surface area (Å²) in [6, 6.07) is 1.77. The van der Waals surface area contributed by atoms with E-state index in [9.17, 15) is 19.8 Å². The summed E-state index contributed by atoms with van der Waals surface area (Å²) in [5.74, 6) is -0.0497. The summed E-state index contributed by atoms with van der Waals surface area (Å²) >= 11 is 0. The number of fused-ring (bicyclic) bond motifs is 11. The number of hydrogen-bond donors (Lipinski definition) is 2. The van der Waals surface area contributed by atoms with E-state index in [1.54, 1.807) is 13.0 Å². The molecular formula is C44H55NO6. The number of aliphatic hydroxyl groups is 2. The number of carbonyl (C=O) groups is 2.